The normalized spacial score (nSPS) is 12.2. The van der Waals surface area contributed by atoms with Gasteiger partial charge < -0.3 is 9.73 Å². The number of hydrogen-bond acceptors (Lipinski definition) is 4. The number of para-hydroxylation sites is 1. The predicted octanol–water partition coefficient (Wildman–Crippen LogP) is 3.11. The van der Waals surface area contributed by atoms with Gasteiger partial charge in [-0.2, -0.15) is 5.10 Å². The molecule has 0 fully saturated rings. The molecule has 0 aliphatic rings. The highest BCUT2D eigenvalue weighted by molar-refractivity contribution is 5.96. The van der Waals surface area contributed by atoms with Crippen LogP contribution in [0.15, 0.2) is 71.4 Å². The van der Waals surface area contributed by atoms with Crippen molar-refractivity contribution in [3.8, 4) is 0 Å². The lowest BCUT2D eigenvalue weighted by molar-refractivity contribution is 0.0926. The lowest BCUT2D eigenvalue weighted by Gasteiger charge is -2.15. The third-order valence-electron chi connectivity index (χ3n) is 4.08. The Morgan fingerprint density at radius 3 is 2.68 bits per heavy atom. The molecule has 1 atom stereocenters. The van der Waals surface area contributed by atoms with E-state index in [9.17, 15) is 4.79 Å². The summed E-state index contributed by atoms with van der Waals surface area (Å²) in [6.45, 7) is 0.384. The molecule has 2 heterocycles. The largest absolute Gasteiger partial charge is 0.451 e. The maximum absolute atomic E-state index is 12.5. The SMILES string of the molecule is O=C(NC[C@H](c1ccccc1)c1ncn[nH]1)c1cc2ccccc2o1. The third kappa shape index (κ3) is 3.14. The smallest absolute Gasteiger partial charge is 0.287 e. The molecule has 25 heavy (non-hydrogen) atoms. The van der Waals surface area contributed by atoms with Gasteiger partial charge in [-0.3, -0.25) is 9.89 Å². The summed E-state index contributed by atoms with van der Waals surface area (Å²) in [6.07, 6.45) is 1.46. The van der Waals surface area contributed by atoms with Gasteiger partial charge in [-0.05, 0) is 17.7 Å². The fourth-order valence-corrected chi connectivity index (χ4v) is 2.82. The highest BCUT2D eigenvalue weighted by Crippen LogP contribution is 2.21. The molecule has 0 bridgehead atoms. The van der Waals surface area contributed by atoms with Gasteiger partial charge in [0.15, 0.2) is 5.76 Å². The van der Waals surface area contributed by atoms with Crippen LogP contribution in [0.5, 0.6) is 0 Å². The first-order chi connectivity index (χ1) is 12.3. The highest BCUT2D eigenvalue weighted by Gasteiger charge is 2.19. The molecular formula is C19H16N4O2. The first-order valence-corrected chi connectivity index (χ1v) is 7.98. The predicted molar refractivity (Wildman–Crippen MR) is 93.2 cm³/mol. The van der Waals surface area contributed by atoms with Crippen LogP contribution in [0.1, 0.15) is 27.9 Å². The first-order valence-electron chi connectivity index (χ1n) is 7.98. The Morgan fingerprint density at radius 2 is 1.92 bits per heavy atom. The van der Waals surface area contributed by atoms with Crippen molar-refractivity contribution in [1.82, 2.24) is 20.5 Å². The van der Waals surface area contributed by atoms with Crippen molar-refractivity contribution in [2.75, 3.05) is 6.54 Å². The molecule has 124 valence electrons. The van der Waals surface area contributed by atoms with Crippen LogP contribution in [0.3, 0.4) is 0 Å². The number of nitrogens with zero attached hydrogens (tertiary/aromatic N) is 2. The van der Waals surface area contributed by atoms with E-state index in [1.165, 1.54) is 6.33 Å². The topological polar surface area (TPSA) is 83.8 Å². The molecule has 4 aromatic rings. The number of carbonyl (C=O) groups excluding carboxylic acids is 1. The molecule has 2 aromatic carbocycles. The molecule has 0 unspecified atom stereocenters. The van der Waals surface area contributed by atoms with Gasteiger partial charge >= 0.3 is 0 Å². The van der Waals surface area contributed by atoms with E-state index >= 15 is 0 Å². The molecule has 0 saturated carbocycles. The Labute approximate surface area is 143 Å². The zero-order valence-electron chi connectivity index (χ0n) is 13.3. The van der Waals surface area contributed by atoms with Crippen molar-refractivity contribution < 1.29 is 9.21 Å². The number of benzene rings is 2. The zero-order chi connectivity index (χ0) is 17.1. The summed E-state index contributed by atoms with van der Waals surface area (Å²) in [5.74, 6) is 0.635. The van der Waals surface area contributed by atoms with Crippen LogP contribution in [0.4, 0.5) is 0 Å². The van der Waals surface area contributed by atoms with E-state index in [1.54, 1.807) is 6.07 Å². The Hall–Kier alpha value is -3.41. The fraction of sp³-hybridized carbons (Fsp3) is 0.105. The van der Waals surface area contributed by atoms with Crippen LogP contribution in [0.2, 0.25) is 0 Å². The van der Waals surface area contributed by atoms with Gasteiger partial charge in [0.25, 0.3) is 5.91 Å². The van der Waals surface area contributed by atoms with Gasteiger partial charge in [-0.1, -0.05) is 48.5 Å². The number of fused-ring (bicyclic) bond motifs is 1. The second kappa shape index (κ2) is 6.60. The minimum absolute atomic E-state index is 0.114. The van der Waals surface area contributed by atoms with Gasteiger partial charge in [0.05, 0.1) is 5.92 Å². The molecule has 0 aliphatic heterocycles. The van der Waals surface area contributed by atoms with Gasteiger partial charge in [0.1, 0.15) is 17.7 Å². The van der Waals surface area contributed by atoms with E-state index < -0.39 is 0 Å². The van der Waals surface area contributed by atoms with Gasteiger partial charge in [0.2, 0.25) is 0 Å². The number of rotatable bonds is 5. The molecule has 0 radical (unpaired) electrons. The van der Waals surface area contributed by atoms with Crippen molar-refractivity contribution in [2.45, 2.75) is 5.92 Å². The number of H-pyrrole nitrogens is 1. The Balaban J connectivity index is 1.54. The summed E-state index contributed by atoms with van der Waals surface area (Å²) in [5.41, 5.74) is 1.74. The molecule has 0 spiro atoms. The summed E-state index contributed by atoms with van der Waals surface area (Å²) in [7, 11) is 0. The zero-order valence-corrected chi connectivity index (χ0v) is 13.3. The number of hydrogen-bond donors (Lipinski definition) is 2. The van der Waals surface area contributed by atoms with Crippen LogP contribution in [0, 0.1) is 0 Å². The van der Waals surface area contributed by atoms with E-state index in [2.05, 4.69) is 20.5 Å². The van der Waals surface area contributed by atoms with Gasteiger partial charge in [-0.25, -0.2) is 4.98 Å². The summed E-state index contributed by atoms with van der Waals surface area (Å²) in [6, 6.07) is 19.2. The molecule has 2 N–H and O–H groups in total. The summed E-state index contributed by atoms with van der Waals surface area (Å²) < 4.78 is 5.61. The van der Waals surface area contributed by atoms with Gasteiger partial charge in [-0.15, -0.1) is 0 Å². The van der Waals surface area contributed by atoms with E-state index in [4.69, 9.17) is 4.42 Å². The Bertz CT molecular complexity index is 944. The van der Waals surface area contributed by atoms with E-state index in [0.717, 1.165) is 10.9 Å². The van der Waals surface area contributed by atoms with Crippen molar-refractivity contribution in [3.05, 3.63) is 84.1 Å². The van der Waals surface area contributed by atoms with Crippen LogP contribution in [0.25, 0.3) is 11.0 Å². The monoisotopic (exact) mass is 332 g/mol. The number of aromatic nitrogens is 3. The molecule has 6 nitrogen and oxygen atoms in total. The van der Waals surface area contributed by atoms with Crippen molar-refractivity contribution in [3.63, 3.8) is 0 Å². The quantitative estimate of drug-likeness (QED) is 0.588. The second-order valence-corrected chi connectivity index (χ2v) is 5.69. The minimum atomic E-state index is -0.253. The summed E-state index contributed by atoms with van der Waals surface area (Å²) in [5, 5.41) is 10.6. The maximum Gasteiger partial charge on any atom is 0.287 e. The van der Waals surface area contributed by atoms with E-state index in [0.29, 0.717) is 23.7 Å². The van der Waals surface area contributed by atoms with Crippen LogP contribution in [-0.4, -0.2) is 27.6 Å². The average molecular weight is 332 g/mol. The first kappa shape index (κ1) is 15.1. The fourth-order valence-electron chi connectivity index (χ4n) is 2.82. The standard InChI is InChI=1S/C19H16N4O2/c24-19(17-10-14-8-4-5-9-16(14)25-17)20-11-15(18-21-12-22-23-18)13-6-2-1-3-7-13/h1-10,12,15H,11H2,(H,20,24)(H,21,22,23)/t15-/m1/s1. The minimum Gasteiger partial charge on any atom is -0.451 e. The number of nitrogens with one attached hydrogen (secondary N) is 2. The Morgan fingerprint density at radius 1 is 1.12 bits per heavy atom. The molecular weight excluding hydrogens is 316 g/mol. The summed E-state index contributed by atoms with van der Waals surface area (Å²) >= 11 is 0. The van der Waals surface area contributed by atoms with Crippen LogP contribution < -0.4 is 5.32 Å². The molecule has 2 aromatic heterocycles. The number of furan rings is 1. The number of aromatic amines is 1. The van der Waals surface area contributed by atoms with Gasteiger partial charge in [0, 0.05) is 11.9 Å². The number of carbonyl (C=O) groups is 1. The van der Waals surface area contributed by atoms with Crippen molar-refractivity contribution in [1.29, 1.82) is 0 Å². The highest BCUT2D eigenvalue weighted by atomic mass is 16.3. The lowest BCUT2D eigenvalue weighted by Crippen LogP contribution is -2.29. The number of amides is 1. The lowest BCUT2D eigenvalue weighted by atomic mass is 9.98. The Kier molecular flexibility index (Phi) is 4.00. The molecule has 6 heteroatoms. The van der Waals surface area contributed by atoms with E-state index in [1.807, 2.05) is 54.6 Å². The third-order valence-corrected chi connectivity index (χ3v) is 4.08. The second-order valence-electron chi connectivity index (χ2n) is 5.69. The van der Waals surface area contributed by atoms with E-state index in [-0.39, 0.29) is 11.8 Å². The van der Waals surface area contributed by atoms with Crippen LogP contribution in [-0.2, 0) is 0 Å². The molecule has 1 amide bonds. The average Bonchev–Trinajstić information content (AvgIpc) is 3.32. The van der Waals surface area contributed by atoms with Crippen molar-refractivity contribution >= 4 is 16.9 Å². The maximum atomic E-state index is 12.5. The molecule has 0 aliphatic carbocycles. The molecule has 4 rings (SSSR count). The summed E-state index contributed by atoms with van der Waals surface area (Å²) in [4.78, 5) is 16.7. The van der Waals surface area contributed by atoms with Crippen molar-refractivity contribution in [2.24, 2.45) is 0 Å². The van der Waals surface area contributed by atoms with Crippen LogP contribution >= 0.6 is 0 Å². The molecule has 0 saturated heterocycles.